The Morgan fingerprint density at radius 2 is 1.92 bits per heavy atom. The van der Waals surface area contributed by atoms with Crippen LogP contribution in [0.25, 0.3) is 0 Å². The van der Waals surface area contributed by atoms with Crippen LogP contribution < -0.4 is 0 Å². The molecule has 12 heavy (non-hydrogen) atoms. The molecule has 0 saturated heterocycles. The van der Waals surface area contributed by atoms with Crippen molar-refractivity contribution in [2.45, 2.75) is 17.6 Å². The number of hydrogen-bond acceptors (Lipinski definition) is 1. The van der Waals surface area contributed by atoms with Crippen molar-refractivity contribution < 1.29 is 4.39 Å². The summed E-state index contributed by atoms with van der Waals surface area (Å²) in [6.07, 6.45) is 2.44. The highest BCUT2D eigenvalue weighted by Crippen LogP contribution is 2.18. The first-order valence-electron chi connectivity index (χ1n) is 4.21. The minimum absolute atomic E-state index is 0.158. The molecule has 1 aromatic carbocycles. The van der Waals surface area contributed by atoms with Gasteiger partial charge in [-0.25, -0.2) is 4.39 Å². The molecular weight excluding hydrogens is 170 g/mol. The Morgan fingerprint density at radius 1 is 1.25 bits per heavy atom. The Kier molecular flexibility index (Phi) is 4.22. The largest absolute Gasteiger partial charge is 0.207 e. The lowest BCUT2D eigenvalue weighted by Crippen LogP contribution is -1.79. The number of benzene rings is 1. The standard InChI is InChI=1S/C9H12BFS/c10-6-1-7-12-9-4-2-8(11)3-5-9/h2-5H,1,6-7,10H2. The molecule has 0 heterocycles. The summed E-state index contributed by atoms with van der Waals surface area (Å²) in [5.74, 6) is 0.970. The average Bonchev–Trinajstić information content (AvgIpc) is 2.09. The van der Waals surface area contributed by atoms with Gasteiger partial charge in [0, 0.05) is 4.90 Å². The van der Waals surface area contributed by atoms with Crippen LogP contribution in [0.2, 0.25) is 6.32 Å². The lowest BCUT2D eigenvalue weighted by molar-refractivity contribution is 0.626. The molecule has 0 fully saturated rings. The maximum atomic E-state index is 12.5. The molecule has 0 atom stereocenters. The minimum Gasteiger partial charge on any atom is -0.207 e. The second-order valence-corrected chi connectivity index (χ2v) is 3.82. The summed E-state index contributed by atoms with van der Waals surface area (Å²) in [7, 11) is 2.17. The molecule has 1 aromatic rings. The fourth-order valence-electron chi connectivity index (χ4n) is 0.865. The van der Waals surface area contributed by atoms with E-state index in [-0.39, 0.29) is 5.82 Å². The Balaban J connectivity index is 2.37. The van der Waals surface area contributed by atoms with Crippen LogP contribution >= 0.6 is 11.8 Å². The van der Waals surface area contributed by atoms with Crippen LogP contribution in [0.4, 0.5) is 4.39 Å². The van der Waals surface area contributed by atoms with Gasteiger partial charge in [0.15, 0.2) is 0 Å². The van der Waals surface area contributed by atoms with Gasteiger partial charge in [-0.15, -0.1) is 11.8 Å². The van der Waals surface area contributed by atoms with Crippen LogP contribution in [0.3, 0.4) is 0 Å². The van der Waals surface area contributed by atoms with Gasteiger partial charge in [-0.05, 0) is 30.0 Å². The normalized spacial score (nSPS) is 10.1. The number of rotatable bonds is 4. The number of thioether (sulfide) groups is 1. The van der Waals surface area contributed by atoms with Crippen molar-refractivity contribution in [3.8, 4) is 0 Å². The zero-order valence-corrected chi connectivity index (χ0v) is 8.03. The molecule has 0 amide bonds. The fourth-order valence-corrected chi connectivity index (χ4v) is 1.86. The van der Waals surface area contributed by atoms with Gasteiger partial charge >= 0.3 is 0 Å². The molecule has 64 valence electrons. The summed E-state index contributed by atoms with van der Waals surface area (Å²) in [5, 5.41) is 0. The molecule has 0 unspecified atom stereocenters. The topological polar surface area (TPSA) is 0 Å². The van der Waals surface area contributed by atoms with Crippen molar-refractivity contribution >= 4 is 19.6 Å². The van der Waals surface area contributed by atoms with E-state index in [2.05, 4.69) is 7.85 Å². The van der Waals surface area contributed by atoms with E-state index in [0.717, 1.165) is 10.6 Å². The monoisotopic (exact) mass is 182 g/mol. The summed E-state index contributed by atoms with van der Waals surface area (Å²) >= 11 is 1.79. The molecule has 0 aliphatic carbocycles. The second kappa shape index (κ2) is 5.25. The number of hydrogen-bond donors (Lipinski definition) is 0. The van der Waals surface area contributed by atoms with E-state index < -0.39 is 0 Å². The lowest BCUT2D eigenvalue weighted by Gasteiger charge is -1.98. The molecule has 0 saturated carbocycles. The van der Waals surface area contributed by atoms with Gasteiger partial charge in [-0.1, -0.05) is 12.7 Å². The third kappa shape index (κ3) is 3.31. The molecule has 0 aliphatic rings. The SMILES string of the molecule is BCCCSc1ccc(F)cc1. The molecule has 0 nitrogen and oxygen atoms in total. The molecular formula is C9H12BFS. The fraction of sp³-hybridized carbons (Fsp3) is 0.333. The highest BCUT2D eigenvalue weighted by Gasteiger charge is 1.93. The first-order valence-corrected chi connectivity index (χ1v) is 5.20. The second-order valence-electron chi connectivity index (χ2n) is 2.66. The van der Waals surface area contributed by atoms with E-state index in [0.29, 0.717) is 0 Å². The molecule has 3 heteroatoms. The molecule has 0 aromatic heterocycles. The van der Waals surface area contributed by atoms with Crippen LogP contribution in [-0.4, -0.2) is 13.6 Å². The molecule has 0 bridgehead atoms. The minimum atomic E-state index is -0.158. The van der Waals surface area contributed by atoms with Gasteiger partial charge in [0.2, 0.25) is 0 Å². The summed E-state index contributed by atoms with van der Waals surface area (Å²) in [6, 6.07) is 6.67. The van der Waals surface area contributed by atoms with Gasteiger partial charge in [0.25, 0.3) is 0 Å². The summed E-state index contributed by atoms with van der Waals surface area (Å²) in [6.45, 7) is 0. The van der Waals surface area contributed by atoms with Crippen molar-refractivity contribution in [2.75, 3.05) is 5.75 Å². The van der Waals surface area contributed by atoms with Crippen LogP contribution in [0, 0.1) is 5.82 Å². The molecule has 0 N–H and O–H groups in total. The quantitative estimate of drug-likeness (QED) is 0.391. The Hall–Kier alpha value is -0.435. The van der Waals surface area contributed by atoms with Gasteiger partial charge in [-0.2, -0.15) is 0 Å². The maximum Gasteiger partial charge on any atom is 0.123 e. The van der Waals surface area contributed by atoms with Crippen LogP contribution in [0.5, 0.6) is 0 Å². The summed E-state index contributed by atoms with van der Waals surface area (Å²) in [5.41, 5.74) is 0. The van der Waals surface area contributed by atoms with Gasteiger partial charge < -0.3 is 0 Å². The van der Waals surface area contributed by atoms with Gasteiger partial charge in [0.05, 0.1) is 0 Å². The zero-order valence-electron chi connectivity index (χ0n) is 7.22. The molecule has 0 spiro atoms. The van der Waals surface area contributed by atoms with Crippen molar-refractivity contribution in [3.05, 3.63) is 30.1 Å². The third-order valence-electron chi connectivity index (χ3n) is 1.58. The van der Waals surface area contributed by atoms with Crippen LogP contribution in [0.1, 0.15) is 6.42 Å². The summed E-state index contributed by atoms with van der Waals surface area (Å²) in [4.78, 5) is 1.16. The third-order valence-corrected chi connectivity index (χ3v) is 2.68. The van der Waals surface area contributed by atoms with Gasteiger partial charge in [0.1, 0.15) is 13.7 Å². The van der Waals surface area contributed by atoms with E-state index >= 15 is 0 Å². The average molecular weight is 182 g/mol. The highest BCUT2D eigenvalue weighted by molar-refractivity contribution is 7.99. The Labute approximate surface area is 78.0 Å². The molecule has 0 aliphatic heterocycles. The van der Waals surface area contributed by atoms with E-state index in [1.165, 1.54) is 24.9 Å². The van der Waals surface area contributed by atoms with Crippen molar-refractivity contribution in [1.82, 2.24) is 0 Å². The zero-order chi connectivity index (χ0) is 8.81. The van der Waals surface area contributed by atoms with Crippen LogP contribution in [-0.2, 0) is 0 Å². The summed E-state index contributed by atoms with van der Waals surface area (Å²) < 4.78 is 12.5. The van der Waals surface area contributed by atoms with E-state index in [9.17, 15) is 4.39 Å². The first-order chi connectivity index (χ1) is 5.83. The van der Waals surface area contributed by atoms with Crippen molar-refractivity contribution in [2.24, 2.45) is 0 Å². The molecule has 0 radical (unpaired) electrons. The number of halogens is 1. The lowest BCUT2D eigenvalue weighted by atomic mass is 10.0. The smallest absolute Gasteiger partial charge is 0.123 e. The van der Waals surface area contributed by atoms with Crippen molar-refractivity contribution in [3.63, 3.8) is 0 Å². The van der Waals surface area contributed by atoms with E-state index in [4.69, 9.17) is 0 Å². The predicted molar refractivity (Wildman–Crippen MR) is 55.1 cm³/mol. The van der Waals surface area contributed by atoms with Crippen LogP contribution in [0.15, 0.2) is 29.2 Å². The van der Waals surface area contributed by atoms with Crippen molar-refractivity contribution in [1.29, 1.82) is 0 Å². The Morgan fingerprint density at radius 3 is 2.50 bits per heavy atom. The Bertz CT molecular complexity index is 222. The van der Waals surface area contributed by atoms with E-state index in [1.54, 1.807) is 11.8 Å². The molecule has 1 rings (SSSR count). The van der Waals surface area contributed by atoms with E-state index in [1.807, 2.05) is 12.1 Å². The van der Waals surface area contributed by atoms with Gasteiger partial charge in [-0.3, -0.25) is 0 Å². The first kappa shape index (κ1) is 9.65. The highest BCUT2D eigenvalue weighted by atomic mass is 32.2. The maximum absolute atomic E-state index is 12.5. The predicted octanol–water partition coefficient (Wildman–Crippen LogP) is 2.36.